The molecule has 3 aromatic rings. The fraction of sp³-hybridized carbons (Fsp3) is 0.286. The van der Waals surface area contributed by atoms with Crippen molar-refractivity contribution >= 4 is 32.1 Å². The molecule has 0 fully saturated rings. The molecule has 1 aliphatic rings. The summed E-state index contributed by atoms with van der Waals surface area (Å²) in [4.78, 5) is 6.30. The minimum atomic E-state index is -0.113. The van der Waals surface area contributed by atoms with Gasteiger partial charge in [-0.25, -0.2) is 4.99 Å². The van der Waals surface area contributed by atoms with Crippen LogP contribution in [0.3, 0.4) is 0 Å². The minimum Gasteiger partial charge on any atom is -0.497 e. The van der Waals surface area contributed by atoms with Gasteiger partial charge in [-0.15, -0.1) is 0 Å². The molecule has 0 radical (unpaired) electrons. The van der Waals surface area contributed by atoms with Gasteiger partial charge in [0.05, 0.1) is 23.2 Å². The second-order valence-corrected chi connectivity index (χ2v) is 9.10. The van der Waals surface area contributed by atoms with E-state index in [0.29, 0.717) is 0 Å². The van der Waals surface area contributed by atoms with Gasteiger partial charge in [0.15, 0.2) is 0 Å². The molecule has 26 heavy (non-hydrogen) atoms. The molecule has 0 amide bonds. The summed E-state index contributed by atoms with van der Waals surface area (Å²) in [6, 6.07) is 14.7. The number of hydrogen-bond acceptors (Lipinski definition) is 5. The highest BCUT2D eigenvalue weighted by Gasteiger charge is 2.33. The first-order valence-electron chi connectivity index (χ1n) is 8.75. The van der Waals surface area contributed by atoms with E-state index < -0.39 is 0 Å². The van der Waals surface area contributed by atoms with Gasteiger partial charge in [-0.05, 0) is 56.2 Å². The number of hydrogen-bond donors (Lipinski definition) is 1. The molecule has 2 aromatic carbocycles. The highest BCUT2D eigenvalue weighted by atomic mass is 32.9. The zero-order chi connectivity index (χ0) is 18.3. The molecule has 0 spiro atoms. The summed E-state index contributed by atoms with van der Waals surface area (Å²) in [6.07, 6.45) is 1.05. The van der Waals surface area contributed by atoms with Crippen molar-refractivity contribution < 1.29 is 4.74 Å². The first kappa shape index (κ1) is 17.3. The summed E-state index contributed by atoms with van der Waals surface area (Å²) in [6.45, 7) is 6.62. The predicted octanol–water partition coefficient (Wildman–Crippen LogP) is 5.94. The number of ether oxygens (including phenoxy) is 1. The van der Waals surface area contributed by atoms with E-state index >= 15 is 0 Å². The Morgan fingerprint density at radius 3 is 2.54 bits per heavy atom. The van der Waals surface area contributed by atoms with E-state index in [2.05, 4.69) is 62.5 Å². The molecule has 0 bridgehead atoms. The van der Waals surface area contributed by atoms with Gasteiger partial charge in [0, 0.05) is 16.8 Å². The summed E-state index contributed by atoms with van der Waals surface area (Å²) in [7, 11) is 5.26. The van der Waals surface area contributed by atoms with Crippen molar-refractivity contribution in [3.63, 3.8) is 0 Å². The first-order chi connectivity index (χ1) is 12.5. The number of nitrogens with zero attached hydrogens (tertiary/aromatic N) is 1. The van der Waals surface area contributed by atoms with Crippen LogP contribution in [0.25, 0.3) is 11.1 Å². The van der Waals surface area contributed by atoms with Gasteiger partial charge < -0.3 is 10.1 Å². The highest BCUT2D eigenvalue weighted by Crippen LogP contribution is 2.46. The SMILES string of the molecule is CCc1ccc(N=c2ssc3c2-c2cc(OC)ccc2NC3(C)C)cc1. The summed E-state index contributed by atoms with van der Waals surface area (Å²) in [5.41, 5.74) is 5.75. The minimum absolute atomic E-state index is 0.113. The van der Waals surface area contributed by atoms with E-state index in [1.807, 2.05) is 16.4 Å². The van der Waals surface area contributed by atoms with Crippen molar-refractivity contribution in [2.45, 2.75) is 32.7 Å². The Balaban J connectivity index is 1.92. The molecule has 1 N–H and O–H groups in total. The Labute approximate surface area is 161 Å². The van der Waals surface area contributed by atoms with Gasteiger partial charge >= 0.3 is 0 Å². The zero-order valence-corrected chi connectivity index (χ0v) is 17.1. The van der Waals surface area contributed by atoms with Crippen molar-refractivity contribution in [1.82, 2.24) is 0 Å². The standard InChI is InChI=1S/C21H22N2OS2/c1-5-13-6-8-14(9-7-13)22-20-18-16-12-15(24-4)10-11-17(16)23-21(2,3)19(18)25-26-20/h6-12,23H,5H2,1-4H3. The van der Waals surface area contributed by atoms with Crippen molar-refractivity contribution in [2.75, 3.05) is 12.4 Å². The molecule has 3 nitrogen and oxygen atoms in total. The number of nitrogens with one attached hydrogen (secondary N) is 1. The third kappa shape index (κ3) is 2.95. The fourth-order valence-corrected chi connectivity index (χ4v) is 6.21. The van der Waals surface area contributed by atoms with Crippen LogP contribution >= 0.6 is 20.7 Å². The Morgan fingerprint density at radius 1 is 1.08 bits per heavy atom. The van der Waals surface area contributed by atoms with Gasteiger partial charge in [0.1, 0.15) is 10.4 Å². The van der Waals surface area contributed by atoms with E-state index in [9.17, 15) is 0 Å². The summed E-state index contributed by atoms with van der Waals surface area (Å²) in [5.74, 6) is 0.866. The van der Waals surface area contributed by atoms with Crippen LogP contribution in [0.5, 0.6) is 5.75 Å². The van der Waals surface area contributed by atoms with Crippen LogP contribution < -0.4 is 14.7 Å². The monoisotopic (exact) mass is 382 g/mol. The highest BCUT2D eigenvalue weighted by molar-refractivity contribution is 7.68. The number of anilines is 1. The Morgan fingerprint density at radius 2 is 1.85 bits per heavy atom. The number of fused-ring (bicyclic) bond motifs is 3. The van der Waals surface area contributed by atoms with Gasteiger partial charge in [-0.2, -0.15) is 0 Å². The fourth-order valence-electron chi connectivity index (χ4n) is 3.27. The molecule has 0 atom stereocenters. The van der Waals surface area contributed by atoms with Crippen LogP contribution in [0, 0.1) is 0 Å². The molecular weight excluding hydrogens is 360 g/mol. The van der Waals surface area contributed by atoms with E-state index in [1.165, 1.54) is 21.6 Å². The van der Waals surface area contributed by atoms with Crippen LogP contribution in [0.2, 0.25) is 0 Å². The molecule has 0 saturated carbocycles. The molecule has 0 saturated heterocycles. The van der Waals surface area contributed by atoms with E-state index in [1.54, 1.807) is 17.5 Å². The van der Waals surface area contributed by atoms with Crippen LogP contribution in [0.4, 0.5) is 11.4 Å². The molecule has 1 aliphatic heterocycles. The summed E-state index contributed by atoms with van der Waals surface area (Å²) >= 11 is 0. The molecule has 2 heterocycles. The van der Waals surface area contributed by atoms with Gasteiger partial charge in [0.2, 0.25) is 0 Å². The third-order valence-electron chi connectivity index (χ3n) is 4.73. The molecule has 1 aromatic heterocycles. The Kier molecular flexibility index (Phi) is 4.37. The van der Waals surface area contributed by atoms with Gasteiger partial charge in [-0.3, -0.25) is 0 Å². The normalized spacial score (nSPS) is 15.2. The van der Waals surface area contributed by atoms with E-state index in [-0.39, 0.29) is 5.54 Å². The maximum absolute atomic E-state index is 5.46. The lowest BCUT2D eigenvalue weighted by atomic mass is 9.90. The second kappa shape index (κ2) is 6.56. The van der Waals surface area contributed by atoms with Gasteiger partial charge in [0.25, 0.3) is 0 Å². The van der Waals surface area contributed by atoms with Crippen molar-refractivity contribution in [2.24, 2.45) is 4.99 Å². The Hall–Kier alpha value is -2.11. The van der Waals surface area contributed by atoms with E-state index in [4.69, 9.17) is 9.73 Å². The lowest BCUT2D eigenvalue weighted by Crippen LogP contribution is -2.31. The molecule has 0 unspecified atom stereocenters. The topological polar surface area (TPSA) is 33.6 Å². The number of rotatable bonds is 3. The van der Waals surface area contributed by atoms with Crippen LogP contribution in [-0.4, -0.2) is 7.11 Å². The maximum atomic E-state index is 5.46. The van der Waals surface area contributed by atoms with Crippen molar-refractivity contribution in [1.29, 1.82) is 0 Å². The van der Waals surface area contributed by atoms with Crippen LogP contribution in [0.1, 0.15) is 31.2 Å². The summed E-state index contributed by atoms with van der Waals surface area (Å²) in [5, 5.41) is 3.66. The maximum Gasteiger partial charge on any atom is 0.135 e. The molecule has 5 heteroatoms. The molecule has 4 rings (SSSR count). The number of benzene rings is 2. The third-order valence-corrected chi connectivity index (χ3v) is 7.37. The Bertz CT molecular complexity index is 1010. The quantitative estimate of drug-likeness (QED) is 0.569. The smallest absolute Gasteiger partial charge is 0.135 e. The predicted molar refractivity (Wildman–Crippen MR) is 112 cm³/mol. The van der Waals surface area contributed by atoms with Crippen molar-refractivity contribution in [3.8, 4) is 16.9 Å². The lowest BCUT2D eigenvalue weighted by molar-refractivity contribution is 0.415. The number of aryl methyl sites for hydroxylation is 1. The second-order valence-electron chi connectivity index (χ2n) is 6.97. The molecular formula is C21H22N2OS2. The van der Waals surface area contributed by atoms with Gasteiger partial charge in [-0.1, -0.05) is 39.7 Å². The van der Waals surface area contributed by atoms with Crippen LogP contribution in [-0.2, 0) is 12.0 Å². The first-order valence-corrected chi connectivity index (χ1v) is 10.9. The molecule has 0 aliphatic carbocycles. The van der Waals surface area contributed by atoms with E-state index in [0.717, 1.165) is 28.2 Å². The van der Waals surface area contributed by atoms with Crippen molar-refractivity contribution in [3.05, 3.63) is 57.6 Å². The zero-order valence-electron chi connectivity index (χ0n) is 15.4. The number of methoxy groups -OCH3 is 1. The summed E-state index contributed by atoms with van der Waals surface area (Å²) < 4.78 is 6.52. The lowest BCUT2D eigenvalue weighted by Gasteiger charge is -2.33. The average Bonchev–Trinajstić information content (AvgIpc) is 3.07. The molecule has 134 valence electrons. The largest absolute Gasteiger partial charge is 0.497 e. The van der Waals surface area contributed by atoms with Crippen LogP contribution in [0.15, 0.2) is 47.5 Å². The average molecular weight is 383 g/mol.